The molecule has 0 aliphatic carbocycles. The van der Waals surface area contributed by atoms with Crippen molar-refractivity contribution in [3.8, 4) is 0 Å². The summed E-state index contributed by atoms with van der Waals surface area (Å²) in [6, 6.07) is 5.56. The summed E-state index contributed by atoms with van der Waals surface area (Å²) in [5.41, 5.74) is 19.4. The van der Waals surface area contributed by atoms with Crippen molar-refractivity contribution in [2.75, 3.05) is 11.5 Å². The van der Waals surface area contributed by atoms with Crippen LogP contribution in [0.3, 0.4) is 0 Å². The molecule has 0 heterocycles. The molecule has 1 atom stereocenters. The molecule has 0 radical (unpaired) electrons. The number of benzene rings is 1. The number of anilines is 2. The maximum absolute atomic E-state index is 5.83. The van der Waals surface area contributed by atoms with Crippen molar-refractivity contribution in [2.45, 2.75) is 19.4 Å². The lowest BCUT2D eigenvalue weighted by atomic mass is 10.0. The van der Waals surface area contributed by atoms with Crippen LogP contribution in [0.2, 0.25) is 0 Å². The number of nitrogens with two attached hydrogens (primary N) is 3. The molecule has 0 amide bonds. The van der Waals surface area contributed by atoms with E-state index in [1.54, 1.807) is 6.07 Å². The van der Waals surface area contributed by atoms with Crippen molar-refractivity contribution < 1.29 is 0 Å². The van der Waals surface area contributed by atoms with E-state index in [9.17, 15) is 0 Å². The Kier molecular flexibility index (Phi) is 2.55. The summed E-state index contributed by atoms with van der Waals surface area (Å²) < 4.78 is 0. The summed E-state index contributed by atoms with van der Waals surface area (Å²) in [5, 5.41) is 0. The van der Waals surface area contributed by atoms with Gasteiger partial charge in [-0.3, -0.25) is 0 Å². The highest BCUT2D eigenvalue weighted by atomic mass is 14.7. The van der Waals surface area contributed by atoms with Gasteiger partial charge in [-0.2, -0.15) is 0 Å². The molecule has 6 N–H and O–H groups in total. The summed E-state index contributed by atoms with van der Waals surface area (Å²) in [6.45, 7) is 2.02. The molecule has 3 heteroatoms. The second kappa shape index (κ2) is 3.45. The first kappa shape index (κ1) is 8.87. The molecular weight excluding hydrogens is 150 g/mol. The molecule has 1 aromatic rings. The Morgan fingerprint density at radius 1 is 1.33 bits per heavy atom. The Hall–Kier alpha value is -1.22. The van der Waals surface area contributed by atoms with E-state index in [2.05, 4.69) is 0 Å². The molecule has 0 bridgehead atoms. The van der Waals surface area contributed by atoms with Gasteiger partial charge < -0.3 is 17.2 Å². The van der Waals surface area contributed by atoms with Crippen molar-refractivity contribution in [2.24, 2.45) is 5.73 Å². The van der Waals surface area contributed by atoms with Crippen molar-refractivity contribution in [1.82, 2.24) is 0 Å². The van der Waals surface area contributed by atoms with Crippen LogP contribution < -0.4 is 17.2 Å². The molecule has 1 unspecified atom stereocenters. The number of para-hydroxylation sites is 1. The van der Waals surface area contributed by atoms with Crippen LogP contribution in [0.1, 0.15) is 24.9 Å². The Morgan fingerprint density at radius 3 is 2.58 bits per heavy atom. The first-order valence-electron chi connectivity index (χ1n) is 4.06. The van der Waals surface area contributed by atoms with Crippen LogP contribution in [-0.4, -0.2) is 0 Å². The van der Waals surface area contributed by atoms with Gasteiger partial charge in [-0.15, -0.1) is 0 Å². The largest absolute Gasteiger partial charge is 0.397 e. The number of nitrogen functional groups attached to an aromatic ring is 2. The lowest BCUT2D eigenvalue weighted by molar-refractivity contribution is 0.701. The van der Waals surface area contributed by atoms with Crippen molar-refractivity contribution in [3.63, 3.8) is 0 Å². The molecule has 0 aromatic heterocycles. The lowest BCUT2D eigenvalue weighted by Crippen LogP contribution is -2.12. The summed E-state index contributed by atoms with van der Waals surface area (Å²) in [6.07, 6.45) is 0.869. The molecule has 3 nitrogen and oxygen atoms in total. The molecule has 0 aliphatic rings. The average Bonchev–Trinajstić information content (AvgIpc) is 2.08. The summed E-state index contributed by atoms with van der Waals surface area (Å²) in [5.74, 6) is 0. The SMILES string of the molecule is CCC(N)c1cccc(N)c1N. The third-order valence-electron chi connectivity index (χ3n) is 2.01. The van der Waals surface area contributed by atoms with Gasteiger partial charge in [0.2, 0.25) is 0 Å². The molecule has 1 aromatic carbocycles. The van der Waals surface area contributed by atoms with Gasteiger partial charge in [0, 0.05) is 6.04 Å². The van der Waals surface area contributed by atoms with E-state index >= 15 is 0 Å². The Bertz CT molecular complexity index is 270. The minimum atomic E-state index is -0.00602. The minimum Gasteiger partial charge on any atom is -0.397 e. The molecule has 0 saturated heterocycles. The second-order valence-corrected chi connectivity index (χ2v) is 2.86. The molecule has 12 heavy (non-hydrogen) atoms. The van der Waals surface area contributed by atoms with E-state index in [4.69, 9.17) is 17.2 Å². The van der Waals surface area contributed by atoms with Crippen LogP contribution >= 0.6 is 0 Å². The topological polar surface area (TPSA) is 78.1 Å². The highest BCUT2D eigenvalue weighted by molar-refractivity contribution is 5.67. The summed E-state index contributed by atoms with van der Waals surface area (Å²) >= 11 is 0. The molecular formula is C9H15N3. The molecule has 1 rings (SSSR count). The van der Waals surface area contributed by atoms with Crippen LogP contribution in [0.5, 0.6) is 0 Å². The fourth-order valence-electron chi connectivity index (χ4n) is 1.14. The van der Waals surface area contributed by atoms with E-state index in [-0.39, 0.29) is 6.04 Å². The van der Waals surface area contributed by atoms with E-state index in [0.29, 0.717) is 11.4 Å². The fourth-order valence-corrected chi connectivity index (χ4v) is 1.14. The predicted octanol–water partition coefficient (Wildman–Crippen LogP) is 1.26. The molecule has 66 valence electrons. The average molecular weight is 165 g/mol. The maximum atomic E-state index is 5.83. The first-order chi connectivity index (χ1) is 5.66. The van der Waals surface area contributed by atoms with Crippen LogP contribution in [0.4, 0.5) is 11.4 Å². The normalized spacial score (nSPS) is 12.8. The second-order valence-electron chi connectivity index (χ2n) is 2.86. The zero-order chi connectivity index (χ0) is 9.14. The Labute approximate surface area is 72.5 Å². The first-order valence-corrected chi connectivity index (χ1v) is 4.06. The summed E-state index contributed by atoms with van der Waals surface area (Å²) in [4.78, 5) is 0. The molecule has 0 spiro atoms. The Balaban J connectivity index is 3.07. The molecule has 0 saturated carbocycles. The van der Waals surface area contributed by atoms with E-state index in [1.165, 1.54) is 0 Å². The highest BCUT2D eigenvalue weighted by Crippen LogP contribution is 2.25. The summed E-state index contributed by atoms with van der Waals surface area (Å²) in [7, 11) is 0. The fraction of sp³-hybridized carbons (Fsp3) is 0.333. The highest BCUT2D eigenvalue weighted by Gasteiger charge is 2.08. The van der Waals surface area contributed by atoms with Crippen LogP contribution in [0.15, 0.2) is 18.2 Å². The maximum Gasteiger partial charge on any atom is 0.0596 e. The Morgan fingerprint density at radius 2 is 2.00 bits per heavy atom. The zero-order valence-electron chi connectivity index (χ0n) is 7.25. The van der Waals surface area contributed by atoms with E-state index in [1.807, 2.05) is 19.1 Å². The van der Waals surface area contributed by atoms with Crippen LogP contribution in [0.25, 0.3) is 0 Å². The van der Waals surface area contributed by atoms with E-state index in [0.717, 1.165) is 12.0 Å². The van der Waals surface area contributed by atoms with Crippen molar-refractivity contribution in [1.29, 1.82) is 0 Å². The van der Waals surface area contributed by atoms with Crippen molar-refractivity contribution in [3.05, 3.63) is 23.8 Å². The van der Waals surface area contributed by atoms with Crippen LogP contribution in [-0.2, 0) is 0 Å². The van der Waals surface area contributed by atoms with Gasteiger partial charge >= 0.3 is 0 Å². The monoisotopic (exact) mass is 165 g/mol. The van der Waals surface area contributed by atoms with Gasteiger partial charge in [0.1, 0.15) is 0 Å². The molecule has 0 aliphatic heterocycles. The van der Waals surface area contributed by atoms with E-state index < -0.39 is 0 Å². The van der Waals surface area contributed by atoms with Gasteiger partial charge in [-0.1, -0.05) is 19.1 Å². The van der Waals surface area contributed by atoms with Crippen LogP contribution in [0, 0.1) is 0 Å². The van der Waals surface area contributed by atoms with Gasteiger partial charge in [0.05, 0.1) is 11.4 Å². The quantitative estimate of drug-likeness (QED) is 0.577. The number of hydrogen-bond acceptors (Lipinski definition) is 3. The minimum absolute atomic E-state index is 0.00602. The lowest BCUT2D eigenvalue weighted by Gasteiger charge is -2.13. The number of hydrogen-bond donors (Lipinski definition) is 3. The zero-order valence-corrected chi connectivity index (χ0v) is 7.25. The van der Waals surface area contributed by atoms with Gasteiger partial charge in [0.25, 0.3) is 0 Å². The molecule has 0 fully saturated rings. The third-order valence-corrected chi connectivity index (χ3v) is 2.01. The van der Waals surface area contributed by atoms with Gasteiger partial charge in [-0.25, -0.2) is 0 Å². The third kappa shape index (κ3) is 1.51. The standard InChI is InChI=1S/C9H15N3/c1-2-7(10)6-4-3-5-8(11)9(6)12/h3-5,7H,2,10-12H2,1H3. The van der Waals surface area contributed by atoms with Crippen molar-refractivity contribution >= 4 is 11.4 Å². The smallest absolute Gasteiger partial charge is 0.0596 e. The number of rotatable bonds is 2. The van der Waals surface area contributed by atoms with Gasteiger partial charge in [-0.05, 0) is 18.1 Å². The predicted molar refractivity (Wildman–Crippen MR) is 52.5 cm³/mol. The van der Waals surface area contributed by atoms with Gasteiger partial charge in [0.15, 0.2) is 0 Å².